The number of nitrogens with two attached hydrogens (primary N) is 1. The van der Waals surface area contributed by atoms with E-state index in [9.17, 15) is 0 Å². The van der Waals surface area contributed by atoms with Crippen LogP contribution < -0.4 is 10.5 Å². The molecule has 2 aromatic rings. The maximum Gasteiger partial charge on any atom is 0.196 e. The molecular weight excluding hydrogens is 252 g/mol. The predicted octanol–water partition coefficient (Wildman–Crippen LogP) is 2.76. The third-order valence-electron chi connectivity index (χ3n) is 3.18. The van der Waals surface area contributed by atoms with Crippen molar-refractivity contribution in [2.24, 2.45) is 0 Å². The van der Waals surface area contributed by atoms with E-state index < -0.39 is 0 Å². The van der Waals surface area contributed by atoms with E-state index in [0.717, 1.165) is 42.1 Å². The van der Waals surface area contributed by atoms with Crippen LogP contribution in [-0.4, -0.2) is 21.4 Å². The lowest BCUT2D eigenvalue weighted by atomic mass is 10.2. The zero-order chi connectivity index (χ0) is 14.5. The number of nitrogens with zero attached hydrogens (tertiary/aromatic N) is 3. The molecule has 2 rings (SSSR count). The molecule has 0 aliphatic heterocycles. The first kappa shape index (κ1) is 14.4. The molecule has 0 aromatic carbocycles. The Kier molecular flexibility index (Phi) is 4.61. The fraction of sp³-hybridized carbons (Fsp3) is 0.467. The van der Waals surface area contributed by atoms with Crippen LogP contribution in [0.2, 0.25) is 0 Å². The Morgan fingerprint density at radius 2 is 2.05 bits per heavy atom. The summed E-state index contributed by atoms with van der Waals surface area (Å²) in [7, 11) is 0. The lowest BCUT2D eigenvalue weighted by Crippen LogP contribution is -2.08. The first-order valence-electron chi connectivity index (χ1n) is 7.17. The minimum absolute atomic E-state index is 0.664. The van der Waals surface area contributed by atoms with Gasteiger partial charge in [0.2, 0.25) is 0 Å². The minimum Gasteiger partial charge on any atom is -0.490 e. The van der Waals surface area contributed by atoms with E-state index in [1.807, 2.05) is 16.8 Å². The van der Waals surface area contributed by atoms with Gasteiger partial charge in [-0.2, -0.15) is 5.10 Å². The van der Waals surface area contributed by atoms with Crippen LogP contribution in [-0.2, 0) is 12.8 Å². The molecule has 0 saturated carbocycles. The van der Waals surface area contributed by atoms with Crippen LogP contribution in [0.25, 0.3) is 5.82 Å². The highest BCUT2D eigenvalue weighted by atomic mass is 16.5. The molecule has 0 atom stereocenters. The summed E-state index contributed by atoms with van der Waals surface area (Å²) in [6.45, 7) is 6.86. The molecule has 20 heavy (non-hydrogen) atoms. The van der Waals surface area contributed by atoms with Crippen molar-refractivity contribution < 1.29 is 4.74 Å². The van der Waals surface area contributed by atoms with E-state index >= 15 is 0 Å². The summed E-state index contributed by atoms with van der Waals surface area (Å²) in [5.41, 5.74) is 8.83. The Labute approximate surface area is 119 Å². The molecule has 2 heterocycles. The number of hydrogen-bond acceptors (Lipinski definition) is 4. The lowest BCUT2D eigenvalue weighted by Gasteiger charge is -2.11. The Balaban J connectivity index is 2.50. The number of aryl methyl sites for hydroxylation is 1. The Morgan fingerprint density at radius 3 is 2.70 bits per heavy atom. The molecule has 0 amide bonds. The van der Waals surface area contributed by atoms with Gasteiger partial charge in [-0.05, 0) is 31.4 Å². The van der Waals surface area contributed by atoms with E-state index in [2.05, 4.69) is 30.9 Å². The summed E-state index contributed by atoms with van der Waals surface area (Å²) in [6.07, 6.45) is 4.32. The molecule has 0 spiro atoms. The Hall–Kier alpha value is -2.04. The van der Waals surface area contributed by atoms with Gasteiger partial charge in [-0.3, -0.25) is 0 Å². The molecule has 108 valence electrons. The van der Waals surface area contributed by atoms with Gasteiger partial charge < -0.3 is 10.5 Å². The van der Waals surface area contributed by atoms with Crippen LogP contribution in [0, 0.1) is 0 Å². The minimum atomic E-state index is 0.664. The molecule has 2 aromatic heterocycles. The Bertz CT molecular complexity index is 577. The highest BCUT2D eigenvalue weighted by Gasteiger charge is 2.17. The molecule has 0 aliphatic rings. The third kappa shape index (κ3) is 2.61. The number of ether oxygens (including phenoxy) is 1. The topological polar surface area (TPSA) is 66.0 Å². The normalized spacial score (nSPS) is 10.8. The maximum atomic E-state index is 6.16. The molecule has 0 bridgehead atoms. The van der Waals surface area contributed by atoms with Gasteiger partial charge in [0.05, 0.1) is 23.7 Å². The van der Waals surface area contributed by atoms with Crippen molar-refractivity contribution in [2.75, 3.05) is 12.3 Å². The molecule has 0 aliphatic carbocycles. The smallest absolute Gasteiger partial charge is 0.196 e. The van der Waals surface area contributed by atoms with Crippen molar-refractivity contribution in [3.63, 3.8) is 0 Å². The van der Waals surface area contributed by atoms with Gasteiger partial charge in [-0.1, -0.05) is 20.8 Å². The molecule has 0 radical (unpaired) electrons. The fourth-order valence-corrected chi connectivity index (χ4v) is 2.16. The third-order valence-corrected chi connectivity index (χ3v) is 3.18. The van der Waals surface area contributed by atoms with Crippen molar-refractivity contribution >= 4 is 5.69 Å². The highest BCUT2D eigenvalue weighted by Crippen LogP contribution is 2.26. The summed E-state index contributed by atoms with van der Waals surface area (Å²) in [5, 5.41) is 4.59. The maximum absolute atomic E-state index is 6.16. The van der Waals surface area contributed by atoms with Crippen molar-refractivity contribution in [1.82, 2.24) is 14.8 Å². The summed E-state index contributed by atoms with van der Waals surface area (Å²) in [5.74, 6) is 1.46. The number of hydrogen-bond donors (Lipinski definition) is 1. The van der Waals surface area contributed by atoms with Crippen LogP contribution in [0.3, 0.4) is 0 Å². The molecule has 5 nitrogen and oxygen atoms in total. The van der Waals surface area contributed by atoms with E-state index in [0.29, 0.717) is 12.4 Å². The SMILES string of the molecule is CCCOc1cccnc1-n1nc(CC)c(N)c1CC. The average molecular weight is 274 g/mol. The van der Waals surface area contributed by atoms with Gasteiger partial charge >= 0.3 is 0 Å². The van der Waals surface area contributed by atoms with Crippen molar-refractivity contribution in [3.05, 3.63) is 29.7 Å². The van der Waals surface area contributed by atoms with Crippen molar-refractivity contribution in [1.29, 1.82) is 0 Å². The first-order chi connectivity index (χ1) is 9.72. The van der Waals surface area contributed by atoms with Crippen LogP contribution >= 0.6 is 0 Å². The molecule has 5 heteroatoms. The predicted molar refractivity (Wildman–Crippen MR) is 80.3 cm³/mol. The van der Waals surface area contributed by atoms with Crippen LogP contribution in [0.5, 0.6) is 5.75 Å². The fourth-order valence-electron chi connectivity index (χ4n) is 2.16. The van der Waals surface area contributed by atoms with Gasteiger partial charge in [0.15, 0.2) is 11.6 Å². The van der Waals surface area contributed by atoms with Gasteiger partial charge in [0, 0.05) is 6.20 Å². The summed E-state index contributed by atoms with van der Waals surface area (Å²) >= 11 is 0. The quantitative estimate of drug-likeness (QED) is 0.879. The second-order valence-electron chi connectivity index (χ2n) is 4.60. The summed E-state index contributed by atoms with van der Waals surface area (Å²) in [4.78, 5) is 4.42. The van der Waals surface area contributed by atoms with E-state index in [1.165, 1.54) is 0 Å². The number of rotatable bonds is 6. The molecule has 2 N–H and O–H groups in total. The van der Waals surface area contributed by atoms with Gasteiger partial charge in [-0.25, -0.2) is 9.67 Å². The second-order valence-corrected chi connectivity index (χ2v) is 4.60. The monoisotopic (exact) mass is 274 g/mol. The zero-order valence-electron chi connectivity index (χ0n) is 12.4. The van der Waals surface area contributed by atoms with Gasteiger partial charge in [0.25, 0.3) is 0 Å². The van der Waals surface area contributed by atoms with Crippen LogP contribution in [0.1, 0.15) is 38.6 Å². The number of anilines is 1. The Morgan fingerprint density at radius 1 is 1.25 bits per heavy atom. The average Bonchev–Trinajstić information content (AvgIpc) is 2.81. The number of nitrogen functional groups attached to an aromatic ring is 1. The highest BCUT2D eigenvalue weighted by molar-refractivity contribution is 5.53. The van der Waals surface area contributed by atoms with Crippen LogP contribution in [0.4, 0.5) is 5.69 Å². The largest absolute Gasteiger partial charge is 0.490 e. The summed E-state index contributed by atoms with van der Waals surface area (Å²) < 4.78 is 7.58. The van der Waals surface area contributed by atoms with E-state index in [1.54, 1.807) is 6.20 Å². The van der Waals surface area contributed by atoms with Crippen molar-refractivity contribution in [3.8, 4) is 11.6 Å². The van der Waals surface area contributed by atoms with E-state index in [4.69, 9.17) is 10.5 Å². The molecule has 0 saturated heterocycles. The first-order valence-corrected chi connectivity index (χ1v) is 7.17. The second kappa shape index (κ2) is 6.41. The van der Waals surface area contributed by atoms with Crippen molar-refractivity contribution in [2.45, 2.75) is 40.0 Å². The molecule has 0 unspecified atom stereocenters. The van der Waals surface area contributed by atoms with Gasteiger partial charge in [0.1, 0.15) is 0 Å². The molecular formula is C15H22N4O. The standard InChI is InChI=1S/C15H22N4O/c1-4-10-20-13-8-7-9-17-15(13)19-12(6-3)14(16)11(5-2)18-19/h7-9H,4-6,10,16H2,1-3H3. The number of aromatic nitrogens is 3. The van der Waals surface area contributed by atoms with Crippen LogP contribution in [0.15, 0.2) is 18.3 Å². The summed E-state index contributed by atoms with van der Waals surface area (Å²) in [6, 6.07) is 3.79. The zero-order valence-corrected chi connectivity index (χ0v) is 12.4. The number of pyridine rings is 1. The molecule has 0 fully saturated rings. The van der Waals surface area contributed by atoms with Gasteiger partial charge in [-0.15, -0.1) is 0 Å². The lowest BCUT2D eigenvalue weighted by molar-refractivity contribution is 0.314. The van der Waals surface area contributed by atoms with E-state index in [-0.39, 0.29) is 0 Å².